The molecule has 0 heterocycles. The van der Waals surface area contributed by atoms with Gasteiger partial charge in [0.05, 0.1) is 30.3 Å². The molecular formula is C17H18ClN3O4S. The lowest BCUT2D eigenvalue weighted by molar-refractivity contribution is -0.119. The van der Waals surface area contributed by atoms with Crippen molar-refractivity contribution in [1.82, 2.24) is 5.43 Å². The van der Waals surface area contributed by atoms with E-state index < -0.39 is 22.5 Å². The van der Waals surface area contributed by atoms with Crippen molar-refractivity contribution in [2.75, 3.05) is 24.2 Å². The molecule has 0 unspecified atom stereocenters. The summed E-state index contributed by atoms with van der Waals surface area (Å²) in [5.41, 5.74) is 3.24. The van der Waals surface area contributed by atoms with E-state index in [-0.39, 0.29) is 10.7 Å². The van der Waals surface area contributed by atoms with Crippen LogP contribution in [0, 0.1) is 0 Å². The Labute approximate surface area is 157 Å². The van der Waals surface area contributed by atoms with Crippen LogP contribution in [0.25, 0.3) is 0 Å². The molecule has 0 spiro atoms. The highest BCUT2D eigenvalue weighted by Crippen LogP contribution is 2.26. The van der Waals surface area contributed by atoms with Gasteiger partial charge in [0.1, 0.15) is 12.3 Å². The number of hydrogen-bond acceptors (Lipinski definition) is 5. The highest BCUT2D eigenvalue weighted by molar-refractivity contribution is 7.92. The third kappa shape index (κ3) is 5.47. The summed E-state index contributed by atoms with van der Waals surface area (Å²) >= 11 is 6.04. The molecule has 0 saturated carbocycles. The predicted octanol–water partition coefficient (Wildman–Crippen LogP) is 2.26. The van der Waals surface area contributed by atoms with E-state index in [9.17, 15) is 13.2 Å². The number of nitrogens with one attached hydrogen (secondary N) is 1. The third-order valence-corrected chi connectivity index (χ3v) is 4.75. The topological polar surface area (TPSA) is 88.1 Å². The molecule has 9 heteroatoms. The highest BCUT2D eigenvalue weighted by atomic mass is 35.5. The summed E-state index contributed by atoms with van der Waals surface area (Å²) in [6.07, 6.45) is 2.43. The Kier molecular flexibility index (Phi) is 6.59. The van der Waals surface area contributed by atoms with Crippen molar-refractivity contribution < 1.29 is 17.9 Å². The number of methoxy groups -OCH3 is 1. The second-order valence-electron chi connectivity index (χ2n) is 5.29. The van der Waals surface area contributed by atoms with E-state index in [1.54, 1.807) is 49.6 Å². The van der Waals surface area contributed by atoms with Crippen molar-refractivity contribution in [2.24, 2.45) is 5.10 Å². The molecule has 0 saturated heterocycles. The lowest BCUT2D eigenvalue weighted by atomic mass is 10.2. The first-order valence-electron chi connectivity index (χ1n) is 7.49. The van der Waals surface area contributed by atoms with Crippen LogP contribution in [0.15, 0.2) is 53.6 Å². The lowest BCUT2D eigenvalue weighted by Gasteiger charge is -2.22. The number of amides is 1. The van der Waals surface area contributed by atoms with Crippen molar-refractivity contribution in [3.05, 3.63) is 59.1 Å². The molecule has 1 N–H and O–H groups in total. The van der Waals surface area contributed by atoms with E-state index in [0.717, 1.165) is 16.1 Å². The van der Waals surface area contributed by atoms with Crippen LogP contribution < -0.4 is 14.5 Å². The number of halogens is 1. The van der Waals surface area contributed by atoms with Crippen molar-refractivity contribution in [1.29, 1.82) is 0 Å². The van der Waals surface area contributed by atoms with E-state index in [2.05, 4.69) is 10.5 Å². The molecule has 7 nitrogen and oxygen atoms in total. The van der Waals surface area contributed by atoms with Gasteiger partial charge in [0, 0.05) is 0 Å². The standard InChI is InChI=1S/C17H18ClN3O4S/c1-25-14-7-5-6-13(10-14)11-19-20-17(22)12-21(26(2,23)24)16-9-4-3-8-15(16)18/h3-11H,12H2,1-2H3,(H,20,22)/b19-11-. The molecule has 138 valence electrons. The number of sulfonamides is 1. The van der Waals surface area contributed by atoms with E-state index in [4.69, 9.17) is 16.3 Å². The number of nitrogens with zero attached hydrogens (tertiary/aromatic N) is 2. The molecule has 26 heavy (non-hydrogen) atoms. The summed E-state index contributed by atoms with van der Waals surface area (Å²) in [7, 11) is -2.15. The SMILES string of the molecule is COc1cccc(/C=N\NC(=O)CN(c2ccccc2Cl)S(C)(=O)=O)c1. The number of rotatable bonds is 7. The number of hydrazone groups is 1. The van der Waals surface area contributed by atoms with E-state index in [1.807, 2.05) is 0 Å². The fraction of sp³-hybridized carbons (Fsp3) is 0.176. The minimum atomic E-state index is -3.70. The summed E-state index contributed by atoms with van der Waals surface area (Å²) in [6.45, 7) is -0.446. The quantitative estimate of drug-likeness (QED) is 0.575. The maximum atomic E-state index is 12.1. The number of anilines is 1. The summed E-state index contributed by atoms with van der Waals surface area (Å²) in [6, 6.07) is 13.5. The fourth-order valence-corrected chi connectivity index (χ4v) is 3.26. The first kappa shape index (κ1) is 19.7. The van der Waals surface area contributed by atoms with Gasteiger partial charge in [-0.3, -0.25) is 9.10 Å². The molecule has 0 aliphatic carbocycles. The summed E-state index contributed by atoms with van der Waals surface area (Å²) < 4.78 is 30.1. The second kappa shape index (κ2) is 8.68. The highest BCUT2D eigenvalue weighted by Gasteiger charge is 2.22. The van der Waals surface area contributed by atoms with Crippen LogP contribution in [0.1, 0.15) is 5.56 Å². The van der Waals surface area contributed by atoms with E-state index in [1.165, 1.54) is 12.3 Å². The Morgan fingerprint density at radius 2 is 2.00 bits per heavy atom. The Balaban J connectivity index is 2.08. The van der Waals surface area contributed by atoms with Crippen LogP contribution in [-0.4, -0.2) is 40.4 Å². The van der Waals surface area contributed by atoms with Gasteiger partial charge >= 0.3 is 0 Å². The number of para-hydroxylation sites is 1. The maximum absolute atomic E-state index is 12.1. The second-order valence-corrected chi connectivity index (χ2v) is 7.60. The average molecular weight is 396 g/mol. The summed E-state index contributed by atoms with van der Waals surface area (Å²) in [5, 5.41) is 4.06. The Morgan fingerprint density at radius 1 is 1.27 bits per heavy atom. The van der Waals surface area contributed by atoms with Crippen molar-refractivity contribution in [3.63, 3.8) is 0 Å². The Morgan fingerprint density at radius 3 is 2.65 bits per heavy atom. The number of carbonyl (C=O) groups is 1. The van der Waals surface area contributed by atoms with Crippen LogP contribution in [0.4, 0.5) is 5.69 Å². The molecule has 0 aliphatic heterocycles. The molecule has 0 aliphatic rings. The first-order chi connectivity index (χ1) is 12.3. The van der Waals surface area contributed by atoms with Gasteiger partial charge in [-0.2, -0.15) is 5.10 Å². The number of benzene rings is 2. The van der Waals surface area contributed by atoms with Gasteiger partial charge < -0.3 is 4.74 Å². The number of carbonyl (C=O) groups excluding carboxylic acids is 1. The van der Waals surface area contributed by atoms with Crippen LogP contribution >= 0.6 is 11.6 Å². The molecule has 2 rings (SSSR count). The normalized spacial score (nSPS) is 11.3. The first-order valence-corrected chi connectivity index (χ1v) is 9.72. The van der Waals surface area contributed by atoms with Gasteiger partial charge in [-0.15, -0.1) is 0 Å². The molecule has 2 aromatic rings. The predicted molar refractivity (Wildman–Crippen MR) is 102 cm³/mol. The molecule has 0 fully saturated rings. The van der Waals surface area contributed by atoms with Gasteiger partial charge in [-0.25, -0.2) is 13.8 Å². The minimum absolute atomic E-state index is 0.226. The van der Waals surface area contributed by atoms with Crippen LogP contribution in [0.5, 0.6) is 5.75 Å². The Hall–Kier alpha value is -2.58. The number of ether oxygens (including phenoxy) is 1. The average Bonchev–Trinajstić information content (AvgIpc) is 2.60. The molecule has 0 atom stereocenters. The van der Waals surface area contributed by atoms with E-state index >= 15 is 0 Å². The van der Waals surface area contributed by atoms with Crippen LogP contribution in [0.2, 0.25) is 5.02 Å². The zero-order valence-electron chi connectivity index (χ0n) is 14.2. The van der Waals surface area contributed by atoms with Crippen LogP contribution in [-0.2, 0) is 14.8 Å². The van der Waals surface area contributed by atoms with Crippen LogP contribution in [0.3, 0.4) is 0 Å². The zero-order chi connectivity index (χ0) is 19.2. The monoisotopic (exact) mass is 395 g/mol. The van der Waals surface area contributed by atoms with Gasteiger partial charge in [0.25, 0.3) is 5.91 Å². The van der Waals surface area contributed by atoms with Crippen molar-refractivity contribution in [2.45, 2.75) is 0 Å². The molecule has 2 aromatic carbocycles. The molecule has 0 bridgehead atoms. The fourth-order valence-electron chi connectivity index (χ4n) is 2.10. The van der Waals surface area contributed by atoms with Crippen molar-refractivity contribution >= 4 is 39.4 Å². The molecule has 0 aromatic heterocycles. The molecule has 0 radical (unpaired) electrons. The minimum Gasteiger partial charge on any atom is -0.497 e. The molecule has 1 amide bonds. The van der Waals surface area contributed by atoms with Gasteiger partial charge in [-0.05, 0) is 29.8 Å². The van der Waals surface area contributed by atoms with Gasteiger partial charge in [-0.1, -0.05) is 35.9 Å². The number of hydrogen-bond donors (Lipinski definition) is 1. The van der Waals surface area contributed by atoms with E-state index in [0.29, 0.717) is 5.75 Å². The maximum Gasteiger partial charge on any atom is 0.260 e. The Bertz CT molecular complexity index is 916. The third-order valence-electron chi connectivity index (χ3n) is 3.31. The van der Waals surface area contributed by atoms with Gasteiger partial charge in [0.15, 0.2) is 0 Å². The smallest absolute Gasteiger partial charge is 0.260 e. The van der Waals surface area contributed by atoms with Crippen molar-refractivity contribution in [3.8, 4) is 5.75 Å². The lowest BCUT2D eigenvalue weighted by Crippen LogP contribution is -2.39. The molecular weight excluding hydrogens is 378 g/mol. The zero-order valence-corrected chi connectivity index (χ0v) is 15.8. The summed E-state index contributed by atoms with van der Waals surface area (Å²) in [4.78, 5) is 12.1. The largest absolute Gasteiger partial charge is 0.497 e. The van der Waals surface area contributed by atoms with Gasteiger partial charge in [0.2, 0.25) is 10.0 Å². The summed E-state index contributed by atoms with van der Waals surface area (Å²) in [5.74, 6) is 0.0525.